The molecule has 0 saturated heterocycles. The first-order valence-corrected chi connectivity index (χ1v) is 15.6. The summed E-state index contributed by atoms with van der Waals surface area (Å²) in [7, 11) is 1.92. The molecule has 1 aliphatic carbocycles. The second kappa shape index (κ2) is 16.5. The monoisotopic (exact) mass is 645 g/mol. The Morgan fingerprint density at radius 2 is 1.74 bits per heavy atom. The highest BCUT2D eigenvalue weighted by atomic mass is 35.5. The number of carbonyl (C=O) groups excluding carboxylic acids is 1. The molecule has 2 N–H and O–H groups in total. The molecule has 0 spiro atoms. The van der Waals surface area contributed by atoms with Gasteiger partial charge in [-0.25, -0.2) is 9.37 Å². The lowest BCUT2D eigenvalue weighted by molar-refractivity contribution is 0.112. The van der Waals surface area contributed by atoms with Crippen LogP contribution in [-0.4, -0.2) is 24.4 Å². The van der Waals surface area contributed by atoms with E-state index in [4.69, 9.17) is 28.2 Å². The maximum atomic E-state index is 13.9. The van der Waals surface area contributed by atoms with Crippen LogP contribution in [0.3, 0.4) is 0 Å². The minimum Gasteiger partial charge on any atom is -0.363 e. The number of aromatic nitrogens is 1. The van der Waals surface area contributed by atoms with Gasteiger partial charge in [0.2, 0.25) is 0 Å². The van der Waals surface area contributed by atoms with Gasteiger partial charge in [0.1, 0.15) is 17.9 Å². The molecule has 0 bridgehead atoms. The molecule has 42 heavy (non-hydrogen) atoms. The molecule has 1 heterocycles. The average molecular weight is 647 g/mol. The van der Waals surface area contributed by atoms with Crippen molar-refractivity contribution in [3.63, 3.8) is 0 Å². The van der Waals surface area contributed by atoms with E-state index in [0.29, 0.717) is 28.5 Å². The number of rotatable bonds is 10. The molecule has 1 unspecified atom stereocenters. The molecule has 1 saturated carbocycles. The number of hydrogen-bond donors (Lipinski definition) is 4. The Hall–Kier alpha value is -2.29. The molecular formula is C33H38Cl2FN3OS2. The highest BCUT2D eigenvalue weighted by Crippen LogP contribution is 2.41. The van der Waals surface area contributed by atoms with Gasteiger partial charge in [-0.3, -0.25) is 4.79 Å². The van der Waals surface area contributed by atoms with Crippen LogP contribution in [0.4, 0.5) is 10.2 Å². The Balaban J connectivity index is 0.000000369. The average Bonchev–Trinajstić information content (AvgIpc) is 2.93. The number of anilines is 1. The Kier molecular flexibility index (Phi) is 13.5. The van der Waals surface area contributed by atoms with Crippen molar-refractivity contribution in [3.8, 4) is 11.1 Å². The van der Waals surface area contributed by atoms with Crippen LogP contribution in [0.1, 0.15) is 73.9 Å². The molecule has 1 fully saturated rings. The molecule has 9 heteroatoms. The summed E-state index contributed by atoms with van der Waals surface area (Å²) in [6.45, 7) is 6.02. The summed E-state index contributed by atoms with van der Waals surface area (Å²) in [5.74, 6) is 0.738. The van der Waals surface area contributed by atoms with Crippen molar-refractivity contribution in [1.82, 2.24) is 10.3 Å². The molecule has 1 atom stereocenters. The van der Waals surface area contributed by atoms with Crippen molar-refractivity contribution in [2.75, 3.05) is 12.4 Å². The van der Waals surface area contributed by atoms with Gasteiger partial charge in [0, 0.05) is 44.3 Å². The van der Waals surface area contributed by atoms with Gasteiger partial charge in [0.25, 0.3) is 0 Å². The molecule has 0 radical (unpaired) electrons. The maximum Gasteiger partial charge on any atom is 0.150 e. The number of carbonyl (C=O) groups is 1. The van der Waals surface area contributed by atoms with Crippen LogP contribution in [0.2, 0.25) is 0 Å². The summed E-state index contributed by atoms with van der Waals surface area (Å²) in [6, 6.07) is 15.3. The van der Waals surface area contributed by atoms with E-state index in [1.807, 2.05) is 57.4 Å². The third kappa shape index (κ3) is 9.35. The van der Waals surface area contributed by atoms with Crippen LogP contribution in [0.25, 0.3) is 11.1 Å². The summed E-state index contributed by atoms with van der Waals surface area (Å²) in [5, 5.41) is 7.07. The van der Waals surface area contributed by atoms with Crippen LogP contribution < -0.4 is 10.6 Å². The fourth-order valence-electron chi connectivity index (χ4n) is 4.70. The molecule has 0 amide bonds. The Bertz CT molecular complexity index is 1420. The minimum atomic E-state index is -0.460. The van der Waals surface area contributed by atoms with E-state index >= 15 is 0 Å². The Labute approximate surface area is 270 Å². The van der Waals surface area contributed by atoms with Gasteiger partial charge in [0.15, 0.2) is 0 Å². The predicted octanol–water partition coefficient (Wildman–Crippen LogP) is 9.96. The Morgan fingerprint density at radius 3 is 2.24 bits per heavy atom. The molecule has 2 aromatic carbocycles. The topological polar surface area (TPSA) is 54.0 Å². The quantitative estimate of drug-likeness (QED) is 0.101. The third-order valence-electron chi connectivity index (χ3n) is 7.11. The zero-order chi connectivity index (χ0) is 30.8. The van der Waals surface area contributed by atoms with Gasteiger partial charge in [-0.2, -0.15) is 0 Å². The summed E-state index contributed by atoms with van der Waals surface area (Å²) >= 11 is 21.2. The van der Waals surface area contributed by atoms with Crippen LogP contribution in [-0.2, 0) is 6.54 Å². The van der Waals surface area contributed by atoms with Crippen molar-refractivity contribution in [2.45, 2.75) is 74.7 Å². The fraction of sp³-hybridized carbons (Fsp3) is 0.333. The molecule has 224 valence electrons. The van der Waals surface area contributed by atoms with Gasteiger partial charge in [-0.15, -0.1) is 25.3 Å². The van der Waals surface area contributed by atoms with E-state index < -0.39 is 5.83 Å². The molecule has 1 aromatic heterocycles. The van der Waals surface area contributed by atoms with E-state index in [1.54, 1.807) is 12.1 Å². The smallest absolute Gasteiger partial charge is 0.150 e. The number of hydrogen-bond acceptors (Lipinski definition) is 6. The SMILES string of the molecule is CC/C(Cl)=C(\C(Cl)=C(/C)F)C(C)Nc1ncc(-c2ccc(C=O)cc2)cc1C1CCC1.CNCc1cc(S)cc(S)c1. The second-order valence-electron chi connectivity index (χ2n) is 10.3. The number of allylic oxidation sites excluding steroid dienone is 2. The summed E-state index contributed by atoms with van der Waals surface area (Å²) < 4.78 is 13.9. The van der Waals surface area contributed by atoms with E-state index in [1.165, 1.54) is 18.9 Å². The standard InChI is InChI=1S/C25H27Cl2FN2O.C8H11NS2/c1-4-22(26)23(24(27)15(2)28)16(3)30-25-21(19-6-5-7-19)12-20(13-29-25)18-10-8-17(14-31)9-11-18;1-9-5-6-2-7(10)4-8(11)3-6/h8-14,16,19H,4-7H2,1-3H3,(H,29,30);2-4,9-11H,5H2,1H3/b23-22+,24-15-;. The molecule has 4 rings (SSSR count). The number of aldehydes is 1. The number of nitrogens with zero attached hydrogens (tertiary/aromatic N) is 1. The first-order valence-electron chi connectivity index (χ1n) is 14.0. The molecule has 3 aromatic rings. The van der Waals surface area contributed by atoms with E-state index in [2.05, 4.69) is 42.0 Å². The van der Waals surface area contributed by atoms with Gasteiger partial charge in [-0.05, 0) is 87.0 Å². The van der Waals surface area contributed by atoms with Crippen molar-refractivity contribution in [2.24, 2.45) is 0 Å². The lowest BCUT2D eigenvalue weighted by Gasteiger charge is -2.29. The van der Waals surface area contributed by atoms with E-state index in [-0.39, 0.29) is 11.1 Å². The zero-order valence-electron chi connectivity index (χ0n) is 24.3. The zero-order valence-corrected chi connectivity index (χ0v) is 27.6. The lowest BCUT2D eigenvalue weighted by Crippen LogP contribution is -2.23. The van der Waals surface area contributed by atoms with Crippen LogP contribution in [0, 0.1) is 0 Å². The van der Waals surface area contributed by atoms with Crippen molar-refractivity contribution in [3.05, 3.63) is 92.9 Å². The Morgan fingerprint density at radius 1 is 1.10 bits per heavy atom. The number of halogens is 3. The van der Waals surface area contributed by atoms with Gasteiger partial charge in [-0.1, -0.05) is 60.8 Å². The van der Waals surface area contributed by atoms with Gasteiger partial charge < -0.3 is 10.6 Å². The van der Waals surface area contributed by atoms with Crippen molar-refractivity contribution in [1.29, 1.82) is 0 Å². The van der Waals surface area contributed by atoms with Crippen molar-refractivity contribution >= 4 is 60.6 Å². The number of benzene rings is 2. The first-order chi connectivity index (χ1) is 20.1. The highest BCUT2D eigenvalue weighted by Gasteiger charge is 2.26. The second-order valence-corrected chi connectivity index (χ2v) is 12.2. The minimum absolute atomic E-state index is 0.0453. The summed E-state index contributed by atoms with van der Waals surface area (Å²) in [6.07, 6.45) is 6.63. The lowest BCUT2D eigenvalue weighted by atomic mass is 9.79. The fourth-order valence-corrected chi connectivity index (χ4v) is 6.00. The van der Waals surface area contributed by atoms with E-state index in [9.17, 15) is 9.18 Å². The molecule has 1 aliphatic rings. The third-order valence-corrected chi connectivity index (χ3v) is 8.56. The molecule has 4 nitrogen and oxygen atoms in total. The molecular weight excluding hydrogens is 608 g/mol. The van der Waals surface area contributed by atoms with Crippen LogP contribution >= 0.6 is 48.5 Å². The van der Waals surface area contributed by atoms with Crippen molar-refractivity contribution < 1.29 is 9.18 Å². The first kappa shape index (κ1) is 34.2. The summed E-state index contributed by atoms with van der Waals surface area (Å²) in [5.41, 5.74) is 5.55. The van der Waals surface area contributed by atoms with Crippen LogP contribution in [0.15, 0.2) is 86.0 Å². The van der Waals surface area contributed by atoms with Crippen LogP contribution in [0.5, 0.6) is 0 Å². The summed E-state index contributed by atoms with van der Waals surface area (Å²) in [4.78, 5) is 17.6. The maximum absolute atomic E-state index is 13.9. The molecule has 0 aliphatic heterocycles. The predicted molar refractivity (Wildman–Crippen MR) is 181 cm³/mol. The largest absolute Gasteiger partial charge is 0.363 e. The van der Waals surface area contributed by atoms with Gasteiger partial charge >= 0.3 is 0 Å². The number of thiol groups is 2. The van der Waals surface area contributed by atoms with Gasteiger partial charge in [0.05, 0.1) is 11.1 Å². The highest BCUT2D eigenvalue weighted by molar-refractivity contribution is 7.81. The number of nitrogens with one attached hydrogen (secondary N) is 2. The van der Waals surface area contributed by atoms with E-state index in [0.717, 1.165) is 58.0 Å². The normalized spacial score (nSPS) is 15.0. The number of pyridine rings is 1.